The molecule has 0 spiro atoms. The molecule has 0 saturated heterocycles. The summed E-state index contributed by atoms with van der Waals surface area (Å²) in [5, 5.41) is 18.0. The number of nitrogens with zero attached hydrogens (tertiary/aromatic N) is 3. The first-order valence-corrected chi connectivity index (χ1v) is 11.8. The first-order valence-electron chi connectivity index (χ1n) is 11.5. The van der Waals surface area contributed by atoms with E-state index < -0.39 is 41.5 Å². The van der Waals surface area contributed by atoms with Gasteiger partial charge in [0, 0.05) is 10.6 Å². The number of hydrogen-bond acceptors (Lipinski definition) is 4. The van der Waals surface area contributed by atoms with Crippen molar-refractivity contribution in [3.63, 3.8) is 0 Å². The number of nitrogens with one attached hydrogen (secondary N) is 1. The minimum absolute atomic E-state index is 0.0266. The van der Waals surface area contributed by atoms with Gasteiger partial charge in [-0.25, -0.2) is 9.48 Å². The molecule has 4 rings (SSSR count). The number of aliphatic hydroxyl groups is 1. The summed E-state index contributed by atoms with van der Waals surface area (Å²) in [4.78, 5) is 26.0. The molecular formula is C25H26ClF3N4O3. The Labute approximate surface area is 210 Å². The monoisotopic (exact) mass is 522 g/mol. The Morgan fingerprint density at radius 1 is 1.17 bits per heavy atom. The highest BCUT2D eigenvalue weighted by molar-refractivity contribution is 6.30. The number of alkyl halides is 3. The summed E-state index contributed by atoms with van der Waals surface area (Å²) in [6.45, 7) is 2.73. The smallest absolute Gasteiger partial charge is 0.391 e. The first-order chi connectivity index (χ1) is 16.8. The van der Waals surface area contributed by atoms with Crippen molar-refractivity contribution in [1.29, 1.82) is 0 Å². The molecule has 2 N–H and O–H groups in total. The molecule has 1 unspecified atom stereocenters. The molecule has 7 nitrogen and oxygen atoms in total. The van der Waals surface area contributed by atoms with E-state index in [1.54, 1.807) is 38.1 Å². The number of amides is 1. The third kappa shape index (κ3) is 5.82. The molecule has 1 atom stereocenters. The van der Waals surface area contributed by atoms with E-state index in [9.17, 15) is 27.9 Å². The van der Waals surface area contributed by atoms with Crippen LogP contribution in [-0.4, -0.2) is 31.5 Å². The van der Waals surface area contributed by atoms with E-state index in [-0.39, 0.29) is 23.9 Å². The second-order valence-corrected chi connectivity index (χ2v) is 9.97. The summed E-state index contributed by atoms with van der Waals surface area (Å²) in [5.74, 6) is -0.203. The Morgan fingerprint density at radius 2 is 1.81 bits per heavy atom. The van der Waals surface area contributed by atoms with Gasteiger partial charge in [-0.2, -0.15) is 13.2 Å². The topological polar surface area (TPSA) is 89.2 Å². The molecule has 0 bridgehead atoms. The lowest BCUT2D eigenvalue weighted by Gasteiger charge is -2.27. The molecular weight excluding hydrogens is 497 g/mol. The summed E-state index contributed by atoms with van der Waals surface area (Å²) < 4.78 is 41.7. The largest absolute Gasteiger partial charge is 0.416 e. The number of aromatic nitrogens is 3. The van der Waals surface area contributed by atoms with Gasteiger partial charge < -0.3 is 10.4 Å². The maximum absolute atomic E-state index is 13.2. The van der Waals surface area contributed by atoms with E-state index in [2.05, 4.69) is 10.4 Å². The lowest BCUT2D eigenvalue weighted by molar-refractivity contribution is -0.137. The average molecular weight is 523 g/mol. The minimum Gasteiger partial charge on any atom is -0.391 e. The van der Waals surface area contributed by atoms with Crippen LogP contribution in [0.25, 0.3) is 11.4 Å². The number of hydrogen-bond donors (Lipinski definition) is 2. The number of rotatable bonds is 8. The number of carbonyl (C=O) groups is 1. The Kier molecular flexibility index (Phi) is 7.03. The number of halogens is 4. The average Bonchev–Trinajstić information content (AvgIpc) is 3.61. The van der Waals surface area contributed by atoms with E-state index in [1.807, 2.05) is 0 Å². The highest BCUT2D eigenvalue weighted by Gasteiger charge is 2.33. The molecule has 1 aliphatic rings. The van der Waals surface area contributed by atoms with Gasteiger partial charge in [0.15, 0.2) is 5.82 Å². The van der Waals surface area contributed by atoms with Gasteiger partial charge in [-0.05, 0) is 74.6 Å². The molecule has 0 aliphatic heterocycles. The maximum atomic E-state index is 13.2. The summed E-state index contributed by atoms with van der Waals surface area (Å²) in [6.07, 6.45) is -3.47. The summed E-state index contributed by atoms with van der Waals surface area (Å²) in [5.41, 5.74) is -1.70. The van der Waals surface area contributed by atoms with Crippen LogP contribution in [0.15, 0.2) is 53.3 Å². The summed E-state index contributed by atoms with van der Waals surface area (Å²) in [7, 11) is 0. The lowest BCUT2D eigenvalue weighted by atomic mass is 9.92. The van der Waals surface area contributed by atoms with Gasteiger partial charge in [-0.1, -0.05) is 23.7 Å². The van der Waals surface area contributed by atoms with Crippen LogP contribution in [0.5, 0.6) is 0 Å². The minimum atomic E-state index is -4.51. The molecule has 2 aromatic carbocycles. The molecule has 0 radical (unpaired) electrons. The molecule has 1 aromatic heterocycles. The Balaban J connectivity index is 1.58. The van der Waals surface area contributed by atoms with E-state index in [0.717, 1.165) is 29.7 Å². The van der Waals surface area contributed by atoms with Gasteiger partial charge in [-0.15, -0.1) is 5.10 Å². The second kappa shape index (κ2) is 9.74. The number of aliphatic hydroxyl groups excluding tert-OH is 1. The van der Waals surface area contributed by atoms with Crippen molar-refractivity contribution in [2.75, 3.05) is 0 Å². The fourth-order valence-corrected chi connectivity index (χ4v) is 4.14. The van der Waals surface area contributed by atoms with Crippen LogP contribution in [0.2, 0.25) is 5.02 Å². The normalized spacial score (nSPS) is 15.1. The molecule has 11 heteroatoms. The van der Waals surface area contributed by atoms with Crippen molar-refractivity contribution in [3.05, 3.63) is 75.2 Å². The quantitative estimate of drug-likeness (QED) is 0.464. The van der Waals surface area contributed by atoms with Crippen LogP contribution in [0.3, 0.4) is 0 Å². The fourth-order valence-electron chi connectivity index (χ4n) is 4.02. The Hall–Kier alpha value is -3.11. The number of carbonyl (C=O) groups excluding carboxylic acids is 1. The van der Waals surface area contributed by atoms with E-state index in [1.165, 1.54) is 16.7 Å². The molecule has 1 aliphatic carbocycles. The van der Waals surface area contributed by atoms with Crippen LogP contribution < -0.4 is 11.0 Å². The Morgan fingerprint density at radius 3 is 2.42 bits per heavy atom. The second-order valence-electron chi connectivity index (χ2n) is 9.54. The van der Waals surface area contributed by atoms with Gasteiger partial charge in [0.2, 0.25) is 5.91 Å². The molecule has 192 valence electrons. The van der Waals surface area contributed by atoms with E-state index in [0.29, 0.717) is 10.6 Å². The van der Waals surface area contributed by atoms with Crippen molar-refractivity contribution in [2.45, 2.75) is 57.6 Å². The van der Waals surface area contributed by atoms with Crippen LogP contribution in [0, 0.1) is 5.92 Å². The van der Waals surface area contributed by atoms with Gasteiger partial charge in [0.25, 0.3) is 0 Å². The predicted molar refractivity (Wildman–Crippen MR) is 128 cm³/mol. The third-order valence-electron chi connectivity index (χ3n) is 6.22. The van der Waals surface area contributed by atoms with E-state index >= 15 is 0 Å². The van der Waals surface area contributed by atoms with Crippen LogP contribution in [0.4, 0.5) is 13.2 Å². The number of benzene rings is 2. The van der Waals surface area contributed by atoms with Crippen molar-refractivity contribution >= 4 is 17.5 Å². The lowest BCUT2D eigenvalue weighted by Crippen LogP contribution is -2.44. The summed E-state index contributed by atoms with van der Waals surface area (Å²) >= 11 is 5.98. The van der Waals surface area contributed by atoms with Crippen molar-refractivity contribution in [2.24, 2.45) is 5.92 Å². The molecule has 3 aromatic rings. The molecule has 1 fully saturated rings. The first kappa shape index (κ1) is 26.0. The zero-order valence-corrected chi connectivity index (χ0v) is 20.5. The maximum Gasteiger partial charge on any atom is 0.416 e. The fraction of sp³-hybridized carbons (Fsp3) is 0.400. The standard InChI is InChI=1S/C25H26ClF3N4O3/c1-24(2,17-4-3-5-18(12-17)25(27,28)29)30-21(35)14-33-23(36)32(13-20(34)15-6-7-15)22(31-33)16-8-10-19(26)11-9-16/h3-5,8-12,15,20,34H,6-7,13-14H2,1-2H3,(H,30,35). The molecule has 36 heavy (non-hydrogen) atoms. The van der Waals surface area contributed by atoms with E-state index in [4.69, 9.17) is 11.6 Å². The zero-order chi connectivity index (χ0) is 26.3. The van der Waals surface area contributed by atoms with Crippen molar-refractivity contribution < 1.29 is 23.1 Å². The third-order valence-corrected chi connectivity index (χ3v) is 6.47. The highest BCUT2D eigenvalue weighted by Crippen LogP contribution is 2.34. The molecule has 1 amide bonds. The van der Waals surface area contributed by atoms with Gasteiger partial charge >= 0.3 is 11.9 Å². The van der Waals surface area contributed by atoms with Crippen LogP contribution in [0.1, 0.15) is 37.8 Å². The van der Waals surface area contributed by atoms with Crippen LogP contribution >= 0.6 is 11.6 Å². The zero-order valence-electron chi connectivity index (χ0n) is 19.7. The Bertz CT molecular complexity index is 1310. The predicted octanol–water partition coefficient (Wildman–Crippen LogP) is 4.21. The van der Waals surface area contributed by atoms with Crippen molar-refractivity contribution in [1.82, 2.24) is 19.7 Å². The molecule has 1 saturated carbocycles. The summed E-state index contributed by atoms with van der Waals surface area (Å²) in [6, 6.07) is 11.4. The molecule has 1 heterocycles. The highest BCUT2D eigenvalue weighted by atomic mass is 35.5. The van der Waals surface area contributed by atoms with Gasteiger partial charge in [0.1, 0.15) is 6.54 Å². The SMILES string of the molecule is CC(C)(NC(=O)Cn1nc(-c2ccc(Cl)cc2)n(CC(O)C2CC2)c1=O)c1cccc(C(F)(F)F)c1. The van der Waals surface area contributed by atoms with Crippen molar-refractivity contribution in [3.8, 4) is 11.4 Å². The van der Waals surface area contributed by atoms with Gasteiger partial charge in [0.05, 0.1) is 23.8 Å². The van der Waals surface area contributed by atoms with Gasteiger partial charge in [-0.3, -0.25) is 9.36 Å². The van der Waals surface area contributed by atoms with Crippen LogP contribution in [-0.2, 0) is 29.6 Å².